The molecule has 0 rings (SSSR count). The van der Waals surface area contributed by atoms with E-state index in [1.807, 2.05) is 0 Å². The molecule has 0 saturated carbocycles. The highest BCUT2D eigenvalue weighted by molar-refractivity contribution is 4.59. The molecule has 0 spiro atoms. The standard InChI is InChI=1S/C20H41O/c1-4-7-10-11-12-13-14-15-18-21-19-20(16-8-5-2)17-9-6-3/h20H,1,4-19H2,2-3H3. The first-order valence-corrected chi connectivity index (χ1v) is 9.72. The highest BCUT2D eigenvalue weighted by Crippen LogP contribution is 2.17. The molecule has 0 heterocycles. The zero-order valence-electron chi connectivity index (χ0n) is 15.0. The lowest BCUT2D eigenvalue weighted by Gasteiger charge is -2.16. The van der Waals surface area contributed by atoms with Gasteiger partial charge >= 0.3 is 0 Å². The maximum atomic E-state index is 5.93. The number of unbranched alkanes of at least 4 members (excludes halogenated alkanes) is 9. The van der Waals surface area contributed by atoms with Crippen molar-refractivity contribution in [3.8, 4) is 0 Å². The second-order valence-electron chi connectivity index (χ2n) is 6.55. The zero-order valence-corrected chi connectivity index (χ0v) is 15.0. The van der Waals surface area contributed by atoms with E-state index in [2.05, 4.69) is 20.8 Å². The fourth-order valence-electron chi connectivity index (χ4n) is 2.81. The van der Waals surface area contributed by atoms with Crippen LogP contribution in [0.1, 0.15) is 104 Å². The SMILES string of the molecule is [CH2]CCCCCCCCCOCC(CCCC)CCCC. The Morgan fingerprint density at radius 3 is 1.76 bits per heavy atom. The lowest BCUT2D eigenvalue weighted by molar-refractivity contribution is 0.0883. The van der Waals surface area contributed by atoms with Crippen molar-refractivity contribution in [3.63, 3.8) is 0 Å². The molecule has 21 heavy (non-hydrogen) atoms. The molecular formula is C20H41O. The van der Waals surface area contributed by atoms with E-state index in [0.29, 0.717) is 0 Å². The Kier molecular flexibility index (Phi) is 18.0. The highest BCUT2D eigenvalue weighted by Gasteiger charge is 2.07. The topological polar surface area (TPSA) is 9.23 Å². The number of rotatable bonds is 17. The Morgan fingerprint density at radius 1 is 0.714 bits per heavy atom. The molecule has 0 aliphatic carbocycles. The third-order valence-electron chi connectivity index (χ3n) is 4.32. The molecule has 0 saturated heterocycles. The highest BCUT2D eigenvalue weighted by atomic mass is 16.5. The molecule has 127 valence electrons. The molecule has 1 nitrogen and oxygen atoms in total. The van der Waals surface area contributed by atoms with Gasteiger partial charge in [0.15, 0.2) is 0 Å². The Hall–Kier alpha value is -0.0400. The van der Waals surface area contributed by atoms with Crippen molar-refractivity contribution in [2.24, 2.45) is 5.92 Å². The molecule has 1 heteroatoms. The third-order valence-corrected chi connectivity index (χ3v) is 4.32. The van der Waals surface area contributed by atoms with Gasteiger partial charge in [0, 0.05) is 13.2 Å². The summed E-state index contributed by atoms with van der Waals surface area (Å²) in [6, 6.07) is 0. The van der Waals surface area contributed by atoms with Gasteiger partial charge in [-0.2, -0.15) is 0 Å². The van der Waals surface area contributed by atoms with Gasteiger partial charge in [-0.15, -0.1) is 0 Å². The molecule has 1 radical (unpaired) electrons. The summed E-state index contributed by atoms with van der Waals surface area (Å²) in [4.78, 5) is 0. The van der Waals surface area contributed by atoms with Crippen molar-refractivity contribution in [3.05, 3.63) is 6.92 Å². The van der Waals surface area contributed by atoms with E-state index in [1.165, 1.54) is 83.5 Å². The first-order valence-electron chi connectivity index (χ1n) is 9.72. The quantitative estimate of drug-likeness (QED) is 0.264. The van der Waals surface area contributed by atoms with Gasteiger partial charge in [-0.1, -0.05) is 91.4 Å². The van der Waals surface area contributed by atoms with Crippen LogP contribution in [0.15, 0.2) is 0 Å². The Morgan fingerprint density at radius 2 is 1.24 bits per heavy atom. The third kappa shape index (κ3) is 16.2. The summed E-state index contributed by atoms with van der Waals surface area (Å²) in [7, 11) is 0. The van der Waals surface area contributed by atoms with Crippen molar-refractivity contribution in [2.45, 2.75) is 104 Å². The van der Waals surface area contributed by atoms with Gasteiger partial charge in [-0.25, -0.2) is 0 Å². The van der Waals surface area contributed by atoms with Crippen molar-refractivity contribution in [2.75, 3.05) is 13.2 Å². The normalized spacial score (nSPS) is 11.4. The summed E-state index contributed by atoms with van der Waals surface area (Å²) in [5.41, 5.74) is 0. The van der Waals surface area contributed by atoms with Gasteiger partial charge in [0.1, 0.15) is 0 Å². The summed E-state index contributed by atoms with van der Waals surface area (Å²) < 4.78 is 5.93. The average molecular weight is 298 g/mol. The van der Waals surface area contributed by atoms with Crippen molar-refractivity contribution in [1.82, 2.24) is 0 Å². The number of ether oxygens (including phenoxy) is 1. The first kappa shape index (κ1) is 21.0. The average Bonchev–Trinajstić information content (AvgIpc) is 2.51. The minimum Gasteiger partial charge on any atom is -0.381 e. The lowest BCUT2D eigenvalue weighted by Crippen LogP contribution is -2.10. The number of hydrogen-bond donors (Lipinski definition) is 0. The monoisotopic (exact) mass is 297 g/mol. The molecule has 0 bridgehead atoms. The van der Waals surface area contributed by atoms with Crippen LogP contribution in [-0.4, -0.2) is 13.2 Å². The molecule has 0 N–H and O–H groups in total. The van der Waals surface area contributed by atoms with Crippen LogP contribution < -0.4 is 0 Å². The molecule has 0 aliphatic rings. The molecule has 0 amide bonds. The van der Waals surface area contributed by atoms with Crippen LogP contribution in [0.3, 0.4) is 0 Å². The summed E-state index contributed by atoms with van der Waals surface area (Å²) in [5.74, 6) is 0.813. The largest absolute Gasteiger partial charge is 0.381 e. The maximum absolute atomic E-state index is 5.93. The molecular weight excluding hydrogens is 256 g/mol. The Bertz CT molecular complexity index is 171. The first-order chi connectivity index (χ1) is 10.3. The second kappa shape index (κ2) is 18.0. The van der Waals surface area contributed by atoms with Gasteiger partial charge in [0.25, 0.3) is 0 Å². The smallest absolute Gasteiger partial charge is 0.0494 e. The zero-order chi connectivity index (χ0) is 15.6. The van der Waals surface area contributed by atoms with Gasteiger partial charge < -0.3 is 4.74 Å². The van der Waals surface area contributed by atoms with E-state index in [-0.39, 0.29) is 0 Å². The minimum absolute atomic E-state index is 0.813. The number of hydrogen-bond acceptors (Lipinski definition) is 1. The van der Waals surface area contributed by atoms with E-state index in [4.69, 9.17) is 4.74 Å². The maximum Gasteiger partial charge on any atom is 0.0494 e. The Labute approximate surface area is 135 Å². The van der Waals surface area contributed by atoms with Gasteiger partial charge in [-0.3, -0.25) is 0 Å². The van der Waals surface area contributed by atoms with Crippen LogP contribution in [0.25, 0.3) is 0 Å². The van der Waals surface area contributed by atoms with E-state index >= 15 is 0 Å². The summed E-state index contributed by atoms with van der Waals surface area (Å²) in [6.45, 7) is 10.4. The van der Waals surface area contributed by atoms with Crippen molar-refractivity contribution in [1.29, 1.82) is 0 Å². The molecule has 0 atom stereocenters. The lowest BCUT2D eigenvalue weighted by atomic mass is 9.97. The summed E-state index contributed by atoms with van der Waals surface area (Å²) in [5, 5.41) is 0. The van der Waals surface area contributed by atoms with Crippen LogP contribution in [0, 0.1) is 12.8 Å². The van der Waals surface area contributed by atoms with E-state index in [9.17, 15) is 0 Å². The molecule has 0 unspecified atom stereocenters. The summed E-state index contributed by atoms with van der Waals surface area (Å²) >= 11 is 0. The molecule has 0 aromatic carbocycles. The van der Waals surface area contributed by atoms with Crippen molar-refractivity contribution >= 4 is 0 Å². The fraction of sp³-hybridized carbons (Fsp3) is 0.950. The van der Waals surface area contributed by atoms with Crippen molar-refractivity contribution < 1.29 is 4.74 Å². The Balaban J connectivity index is 3.35. The predicted molar refractivity (Wildman–Crippen MR) is 95.7 cm³/mol. The van der Waals surface area contributed by atoms with Crippen LogP contribution in [0.4, 0.5) is 0 Å². The second-order valence-corrected chi connectivity index (χ2v) is 6.55. The van der Waals surface area contributed by atoms with Crippen LogP contribution in [0.2, 0.25) is 0 Å². The predicted octanol–water partition coefficient (Wildman–Crippen LogP) is 6.95. The van der Waals surface area contributed by atoms with Gasteiger partial charge in [0.2, 0.25) is 0 Å². The van der Waals surface area contributed by atoms with E-state index in [0.717, 1.165) is 25.6 Å². The van der Waals surface area contributed by atoms with E-state index < -0.39 is 0 Å². The van der Waals surface area contributed by atoms with Gasteiger partial charge in [-0.05, 0) is 25.2 Å². The molecule has 0 fully saturated rings. The van der Waals surface area contributed by atoms with Crippen LogP contribution in [0.5, 0.6) is 0 Å². The van der Waals surface area contributed by atoms with Crippen LogP contribution in [-0.2, 0) is 4.74 Å². The molecule has 0 aliphatic heterocycles. The fourth-order valence-corrected chi connectivity index (χ4v) is 2.81. The summed E-state index contributed by atoms with van der Waals surface area (Å²) in [6.07, 6.45) is 18.6. The molecule has 0 aromatic rings. The van der Waals surface area contributed by atoms with Gasteiger partial charge in [0.05, 0.1) is 0 Å². The minimum atomic E-state index is 0.813. The van der Waals surface area contributed by atoms with E-state index in [1.54, 1.807) is 0 Å². The van der Waals surface area contributed by atoms with Crippen LogP contribution >= 0.6 is 0 Å². The molecule has 0 aromatic heterocycles.